The normalized spacial score (nSPS) is 22.8. The Bertz CT molecular complexity index is 216. The average Bonchev–Trinajstić information content (AvgIpc) is 2.03. The van der Waals surface area contributed by atoms with Gasteiger partial charge in [0.05, 0.1) is 19.1 Å². The maximum absolute atomic E-state index is 11.0. The van der Waals surface area contributed by atoms with Gasteiger partial charge in [0.2, 0.25) is 5.91 Å². The van der Waals surface area contributed by atoms with Crippen LogP contribution in [0.25, 0.3) is 0 Å². The Morgan fingerprint density at radius 2 is 2.31 bits per heavy atom. The lowest BCUT2D eigenvalue weighted by Gasteiger charge is -2.31. The Morgan fingerprint density at radius 3 is 2.85 bits per heavy atom. The highest BCUT2D eigenvalue weighted by molar-refractivity contribution is 5.73. The second-order valence-electron chi connectivity index (χ2n) is 3.06. The van der Waals surface area contributed by atoms with Crippen LogP contribution >= 0.6 is 0 Å². The van der Waals surface area contributed by atoms with Crippen molar-refractivity contribution in [2.75, 3.05) is 19.7 Å². The minimum atomic E-state index is -0.893. The van der Waals surface area contributed by atoms with Crippen molar-refractivity contribution in [2.45, 2.75) is 19.4 Å². The van der Waals surface area contributed by atoms with E-state index in [1.807, 2.05) is 0 Å². The quantitative estimate of drug-likeness (QED) is 0.645. The van der Waals surface area contributed by atoms with E-state index < -0.39 is 5.97 Å². The van der Waals surface area contributed by atoms with E-state index >= 15 is 0 Å². The van der Waals surface area contributed by atoms with Crippen molar-refractivity contribution in [2.24, 2.45) is 0 Å². The fourth-order valence-corrected chi connectivity index (χ4v) is 1.32. The van der Waals surface area contributed by atoms with Gasteiger partial charge in [0.15, 0.2) is 0 Å². The van der Waals surface area contributed by atoms with Gasteiger partial charge in [0.25, 0.3) is 0 Å². The highest BCUT2D eigenvalue weighted by Crippen LogP contribution is 2.08. The summed E-state index contributed by atoms with van der Waals surface area (Å²) in [4.78, 5) is 22.9. The Hall–Kier alpha value is -1.10. The fraction of sp³-hybridized carbons (Fsp3) is 0.750. The van der Waals surface area contributed by atoms with E-state index in [1.165, 1.54) is 6.92 Å². The molecule has 1 amide bonds. The number of amides is 1. The van der Waals surface area contributed by atoms with Crippen LogP contribution in [0.3, 0.4) is 0 Å². The van der Waals surface area contributed by atoms with Crippen molar-refractivity contribution < 1.29 is 19.4 Å². The van der Waals surface area contributed by atoms with E-state index in [9.17, 15) is 9.59 Å². The Labute approximate surface area is 76.3 Å². The van der Waals surface area contributed by atoms with Crippen molar-refractivity contribution in [1.82, 2.24) is 4.90 Å². The summed E-state index contributed by atoms with van der Waals surface area (Å²) in [5.41, 5.74) is 0. The first-order chi connectivity index (χ1) is 6.09. The van der Waals surface area contributed by atoms with Gasteiger partial charge in [0, 0.05) is 20.0 Å². The fourth-order valence-electron chi connectivity index (χ4n) is 1.32. The lowest BCUT2D eigenvalue weighted by molar-refractivity contribution is -0.146. The number of morpholine rings is 1. The summed E-state index contributed by atoms with van der Waals surface area (Å²) >= 11 is 0. The Morgan fingerprint density at radius 1 is 1.62 bits per heavy atom. The topological polar surface area (TPSA) is 66.8 Å². The molecule has 5 nitrogen and oxygen atoms in total. The number of ether oxygens (including phenoxy) is 1. The molecule has 0 saturated carbocycles. The largest absolute Gasteiger partial charge is 0.481 e. The van der Waals surface area contributed by atoms with Crippen molar-refractivity contribution in [1.29, 1.82) is 0 Å². The molecule has 74 valence electrons. The summed E-state index contributed by atoms with van der Waals surface area (Å²) in [7, 11) is 0. The Kier molecular flexibility index (Phi) is 3.25. The number of rotatable bonds is 2. The van der Waals surface area contributed by atoms with Crippen LogP contribution in [0.1, 0.15) is 13.3 Å². The molecule has 1 saturated heterocycles. The smallest absolute Gasteiger partial charge is 0.306 e. The molecule has 0 spiro atoms. The first kappa shape index (κ1) is 9.98. The molecule has 1 atom stereocenters. The zero-order valence-corrected chi connectivity index (χ0v) is 7.52. The second-order valence-corrected chi connectivity index (χ2v) is 3.06. The molecule has 0 aromatic carbocycles. The van der Waals surface area contributed by atoms with Gasteiger partial charge in [-0.25, -0.2) is 0 Å². The number of nitrogens with zero attached hydrogens (tertiary/aromatic N) is 1. The monoisotopic (exact) mass is 187 g/mol. The molecule has 1 N–H and O–H groups in total. The van der Waals surface area contributed by atoms with Crippen LogP contribution in [0.15, 0.2) is 0 Å². The number of hydrogen-bond acceptors (Lipinski definition) is 3. The summed E-state index contributed by atoms with van der Waals surface area (Å²) < 4.78 is 5.19. The van der Waals surface area contributed by atoms with Crippen molar-refractivity contribution >= 4 is 11.9 Å². The van der Waals surface area contributed by atoms with E-state index in [-0.39, 0.29) is 18.4 Å². The van der Waals surface area contributed by atoms with E-state index in [2.05, 4.69) is 0 Å². The van der Waals surface area contributed by atoms with Crippen LogP contribution in [-0.4, -0.2) is 47.7 Å². The number of hydrogen-bond donors (Lipinski definition) is 1. The van der Waals surface area contributed by atoms with Gasteiger partial charge in [-0.3, -0.25) is 9.59 Å². The number of carboxylic acids is 1. The van der Waals surface area contributed by atoms with Gasteiger partial charge < -0.3 is 14.7 Å². The SMILES string of the molecule is CC(=O)N1CCOC(CC(=O)O)C1. The van der Waals surface area contributed by atoms with Gasteiger partial charge in [-0.15, -0.1) is 0 Å². The summed E-state index contributed by atoms with van der Waals surface area (Å²) in [6.07, 6.45) is -0.390. The lowest BCUT2D eigenvalue weighted by atomic mass is 10.2. The molecule has 1 rings (SSSR count). The molecule has 0 radical (unpaired) electrons. The van der Waals surface area contributed by atoms with E-state index in [0.29, 0.717) is 19.7 Å². The van der Waals surface area contributed by atoms with E-state index in [1.54, 1.807) is 4.90 Å². The first-order valence-electron chi connectivity index (χ1n) is 4.18. The predicted molar refractivity (Wildman–Crippen MR) is 44.2 cm³/mol. The molecule has 0 aromatic rings. The summed E-state index contributed by atoms with van der Waals surface area (Å²) in [6, 6.07) is 0. The summed E-state index contributed by atoms with van der Waals surface area (Å²) in [5, 5.41) is 8.51. The molecule has 0 bridgehead atoms. The molecule has 0 aliphatic carbocycles. The molecule has 0 aromatic heterocycles. The third-order valence-electron chi connectivity index (χ3n) is 1.99. The maximum Gasteiger partial charge on any atom is 0.306 e. The van der Waals surface area contributed by atoms with Crippen molar-refractivity contribution in [3.05, 3.63) is 0 Å². The second kappa shape index (κ2) is 4.23. The molecule has 1 fully saturated rings. The highest BCUT2D eigenvalue weighted by atomic mass is 16.5. The zero-order chi connectivity index (χ0) is 9.84. The number of carboxylic acid groups (broad SMARTS) is 1. The standard InChI is InChI=1S/C8H13NO4/c1-6(10)9-2-3-13-7(5-9)4-8(11)12/h7H,2-5H2,1H3,(H,11,12). The first-order valence-corrected chi connectivity index (χ1v) is 4.18. The van der Waals surface area contributed by atoms with Crippen LogP contribution in [0.4, 0.5) is 0 Å². The molecule has 1 aliphatic rings. The maximum atomic E-state index is 11.0. The minimum Gasteiger partial charge on any atom is -0.481 e. The molecule has 1 aliphatic heterocycles. The average molecular weight is 187 g/mol. The highest BCUT2D eigenvalue weighted by Gasteiger charge is 2.23. The van der Waals surface area contributed by atoms with Gasteiger partial charge in [-0.05, 0) is 0 Å². The number of carbonyl (C=O) groups is 2. The van der Waals surface area contributed by atoms with Crippen LogP contribution in [0.5, 0.6) is 0 Å². The van der Waals surface area contributed by atoms with Crippen LogP contribution < -0.4 is 0 Å². The van der Waals surface area contributed by atoms with Gasteiger partial charge in [0.1, 0.15) is 0 Å². The molecule has 13 heavy (non-hydrogen) atoms. The lowest BCUT2D eigenvalue weighted by Crippen LogP contribution is -2.45. The van der Waals surface area contributed by atoms with Crippen molar-refractivity contribution in [3.63, 3.8) is 0 Å². The van der Waals surface area contributed by atoms with Gasteiger partial charge in [-0.2, -0.15) is 0 Å². The Balaban J connectivity index is 2.41. The molecule has 1 unspecified atom stereocenters. The summed E-state index contributed by atoms with van der Waals surface area (Å²) in [6.45, 7) is 2.85. The third kappa shape index (κ3) is 3.02. The minimum absolute atomic E-state index is 0.0290. The third-order valence-corrected chi connectivity index (χ3v) is 1.99. The van der Waals surface area contributed by atoms with E-state index in [4.69, 9.17) is 9.84 Å². The number of aliphatic carboxylic acids is 1. The summed E-state index contributed by atoms with van der Waals surface area (Å²) in [5.74, 6) is -0.922. The van der Waals surface area contributed by atoms with Gasteiger partial charge >= 0.3 is 5.97 Å². The molecular formula is C8H13NO4. The number of carbonyl (C=O) groups excluding carboxylic acids is 1. The van der Waals surface area contributed by atoms with E-state index in [0.717, 1.165) is 0 Å². The predicted octanol–water partition coefficient (Wildman–Crippen LogP) is -0.292. The van der Waals surface area contributed by atoms with Gasteiger partial charge in [-0.1, -0.05) is 0 Å². The van der Waals surface area contributed by atoms with Crippen LogP contribution in [0, 0.1) is 0 Å². The van der Waals surface area contributed by atoms with Crippen molar-refractivity contribution in [3.8, 4) is 0 Å². The molecule has 5 heteroatoms. The van der Waals surface area contributed by atoms with Crippen LogP contribution in [-0.2, 0) is 14.3 Å². The van der Waals surface area contributed by atoms with Crippen LogP contribution in [0.2, 0.25) is 0 Å². The zero-order valence-electron chi connectivity index (χ0n) is 7.52. The molecule has 1 heterocycles. The molecular weight excluding hydrogens is 174 g/mol.